The Morgan fingerprint density at radius 2 is 1.79 bits per heavy atom. The minimum absolute atomic E-state index is 0.00979. The van der Waals surface area contributed by atoms with Gasteiger partial charge in [-0.15, -0.1) is 0 Å². The Hall–Kier alpha value is -2.70. The number of amides is 1. The summed E-state index contributed by atoms with van der Waals surface area (Å²) >= 11 is 9.62. The number of ether oxygens (including phenoxy) is 2. The summed E-state index contributed by atoms with van der Waals surface area (Å²) in [6, 6.07) is 19.0. The molecule has 33 heavy (non-hydrogen) atoms. The van der Waals surface area contributed by atoms with Crippen molar-refractivity contribution in [1.82, 2.24) is 0 Å². The lowest BCUT2D eigenvalue weighted by molar-refractivity contribution is -0.116. The number of hydrogen-bond donors (Lipinski definition) is 2. The molecule has 3 aromatic rings. The van der Waals surface area contributed by atoms with Crippen LogP contribution in [0.1, 0.15) is 31.4 Å². The van der Waals surface area contributed by atoms with Gasteiger partial charge in [-0.3, -0.25) is 4.79 Å². The Kier molecular flexibility index (Phi) is 9.03. The predicted octanol–water partition coefficient (Wildman–Crippen LogP) is 7.29. The summed E-state index contributed by atoms with van der Waals surface area (Å²) in [6.45, 7) is 4.93. The van der Waals surface area contributed by atoms with E-state index in [1.165, 1.54) is 0 Å². The summed E-state index contributed by atoms with van der Waals surface area (Å²) in [6.07, 6.45) is 0.489. The van der Waals surface area contributed by atoms with E-state index in [9.17, 15) is 4.79 Å². The quantitative estimate of drug-likeness (QED) is 0.288. The second-order valence-corrected chi connectivity index (χ2v) is 9.34. The molecule has 0 heterocycles. The van der Waals surface area contributed by atoms with E-state index in [0.717, 1.165) is 27.0 Å². The Bertz CT molecular complexity index is 1090. The van der Waals surface area contributed by atoms with Crippen LogP contribution in [-0.2, 0) is 17.9 Å². The molecule has 0 aliphatic carbocycles. The molecule has 0 saturated heterocycles. The standard InChI is InChI=1S/C26H28BrClN2O3/c1-17(2)13-25(31)30-21-6-4-5-20(14-21)29-15-22-23(27)11-12-24(32-3)26(22)33-16-18-7-9-19(28)10-8-18/h4-12,14,17,29H,13,15-16H2,1-3H3,(H,30,31). The van der Waals surface area contributed by atoms with Gasteiger partial charge in [0.1, 0.15) is 6.61 Å². The van der Waals surface area contributed by atoms with Gasteiger partial charge in [-0.1, -0.05) is 59.6 Å². The van der Waals surface area contributed by atoms with Crippen molar-refractivity contribution >= 4 is 44.8 Å². The Balaban J connectivity index is 1.74. The molecule has 0 saturated carbocycles. The van der Waals surface area contributed by atoms with Gasteiger partial charge in [0.25, 0.3) is 0 Å². The first-order valence-corrected chi connectivity index (χ1v) is 11.9. The number of methoxy groups -OCH3 is 1. The average Bonchev–Trinajstić information content (AvgIpc) is 2.77. The number of benzene rings is 3. The van der Waals surface area contributed by atoms with E-state index < -0.39 is 0 Å². The molecule has 0 aromatic heterocycles. The Morgan fingerprint density at radius 1 is 1.06 bits per heavy atom. The average molecular weight is 532 g/mol. The second-order valence-electron chi connectivity index (χ2n) is 8.05. The van der Waals surface area contributed by atoms with Crippen LogP contribution in [0, 0.1) is 5.92 Å². The van der Waals surface area contributed by atoms with E-state index in [4.69, 9.17) is 21.1 Å². The van der Waals surface area contributed by atoms with E-state index in [-0.39, 0.29) is 5.91 Å². The van der Waals surface area contributed by atoms with Crippen LogP contribution in [0.4, 0.5) is 11.4 Å². The number of halogens is 2. The Morgan fingerprint density at radius 3 is 2.48 bits per heavy atom. The molecule has 0 atom stereocenters. The topological polar surface area (TPSA) is 59.6 Å². The highest BCUT2D eigenvalue weighted by molar-refractivity contribution is 9.10. The minimum atomic E-state index is 0.00979. The molecule has 2 N–H and O–H groups in total. The number of hydrogen-bond acceptors (Lipinski definition) is 4. The zero-order valence-corrected chi connectivity index (χ0v) is 21.3. The molecular formula is C26H28BrClN2O3. The number of carbonyl (C=O) groups excluding carboxylic acids is 1. The number of rotatable bonds is 10. The molecule has 0 unspecified atom stereocenters. The van der Waals surface area contributed by atoms with Crippen molar-refractivity contribution in [1.29, 1.82) is 0 Å². The van der Waals surface area contributed by atoms with Gasteiger partial charge in [0.05, 0.1) is 7.11 Å². The molecule has 5 nitrogen and oxygen atoms in total. The number of carbonyl (C=O) groups is 1. The van der Waals surface area contributed by atoms with Crippen molar-refractivity contribution in [3.63, 3.8) is 0 Å². The van der Waals surface area contributed by atoms with Crippen LogP contribution < -0.4 is 20.1 Å². The highest BCUT2D eigenvalue weighted by atomic mass is 79.9. The minimum Gasteiger partial charge on any atom is -0.493 e. The molecule has 0 bridgehead atoms. The maximum Gasteiger partial charge on any atom is 0.224 e. The van der Waals surface area contributed by atoms with Crippen LogP contribution in [0.3, 0.4) is 0 Å². The fourth-order valence-electron chi connectivity index (χ4n) is 3.28. The molecule has 174 valence electrons. The second kappa shape index (κ2) is 12.0. The van der Waals surface area contributed by atoms with Crippen LogP contribution >= 0.6 is 27.5 Å². The monoisotopic (exact) mass is 530 g/mol. The highest BCUT2D eigenvalue weighted by Crippen LogP contribution is 2.37. The van der Waals surface area contributed by atoms with Gasteiger partial charge in [-0.05, 0) is 53.9 Å². The fourth-order valence-corrected chi connectivity index (χ4v) is 3.86. The van der Waals surface area contributed by atoms with Crippen molar-refractivity contribution in [3.05, 3.63) is 81.3 Å². The van der Waals surface area contributed by atoms with Crippen molar-refractivity contribution in [2.75, 3.05) is 17.7 Å². The zero-order chi connectivity index (χ0) is 23.8. The van der Waals surface area contributed by atoms with E-state index in [0.29, 0.717) is 42.0 Å². The van der Waals surface area contributed by atoms with Gasteiger partial charge in [0.15, 0.2) is 11.5 Å². The van der Waals surface area contributed by atoms with Gasteiger partial charge in [0.2, 0.25) is 5.91 Å². The third-order valence-electron chi connectivity index (χ3n) is 4.89. The van der Waals surface area contributed by atoms with Crippen molar-refractivity contribution in [3.8, 4) is 11.5 Å². The summed E-state index contributed by atoms with van der Waals surface area (Å²) < 4.78 is 12.6. The normalized spacial score (nSPS) is 10.7. The van der Waals surface area contributed by atoms with Crippen LogP contribution in [-0.4, -0.2) is 13.0 Å². The summed E-state index contributed by atoms with van der Waals surface area (Å²) in [5, 5.41) is 7.06. The van der Waals surface area contributed by atoms with Gasteiger partial charge < -0.3 is 20.1 Å². The lowest BCUT2D eigenvalue weighted by Gasteiger charge is -2.18. The van der Waals surface area contributed by atoms with Gasteiger partial charge >= 0.3 is 0 Å². The zero-order valence-electron chi connectivity index (χ0n) is 19.0. The van der Waals surface area contributed by atoms with Crippen LogP contribution in [0.15, 0.2) is 65.1 Å². The molecular weight excluding hydrogens is 504 g/mol. The molecule has 0 fully saturated rings. The maximum atomic E-state index is 12.1. The molecule has 1 amide bonds. The van der Waals surface area contributed by atoms with Crippen molar-refractivity contribution in [2.45, 2.75) is 33.4 Å². The lowest BCUT2D eigenvalue weighted by Crippen LogP contribution is -2.14. The largest absolute Gasteiger partial charge is 0.493 e. The predicted molar refractivity (Wildman–Crippen MR) is 138 cm³/mol. The van der Waals surface area contributed by atoms with E-state index in [2.05, 4.69) is 26.6 Å². The third-order valence-corrected chi connectivity index (χ3v) is 5.89. The molecule has 0 aliphatic heterocycles. The first-order chi connectivity index (χ1) is 15.9. The SMILES string of the molecule is COc1ccc(Br)c(CNc2cccc(NC(=O)CC(C)C)c2)c1OCc1ccc(Cl)cc1. The molecule has 0 aliphatic rings. The molecule has 3 rings (SSSR count). The fraction of sp³-hybridized carbons (Fsp3) is 0.269. The van der Waals surface area contributed by atoms with E-state index >= 15 is 0 Å². The number of anilines is 2. The Labute approximate surface area is 208 Å². The maximum absolute atomic E-state index is 12.1. The van der Waals surface area contributed by atoms with Crippen molar-refractivity contribution < 1.29 is 14.3 Å². The van der Waals surface area contributed by atoms with Gasteiger partial charge in [-0.25, -0.2) is 0 Å². The van der Waals surface area contributed by atoms with E-state index in [1.807, 2.05) is 74.5 Å². The molecule has 3 aromatic carbocycles. The number of nitrogens with one attached hydrogen (secondary N) is 2. The first kappa shape index (κ1) is 24.9. The molecule has 7 heteroatoms. The highest BCUT2D eigenvalue weighted by Gasteiger charge is 2.15. The third kappa shape index (κ3) is 7.41. The van der Waals surface area contributed by atoms with Crippen molar-refractivity contribution in [2.24, 2.45) is 5.92 Å². The van der Waals surface area contributed by atoms with Gasteiger partial charge in [0, 0.05) is 39.4 Å². The van der Waals surface area contributed by atoms with E-state index in [1.54, 1.807) is 7.11 Å². The summed E-state index contributed by atoms with van der Waals surface area (Å²) in [5.74, 6) is 1.63. The summed E-state index contributed by atoms with van der Waals surface area (Å²) in [4.78, 5) is 12.1. The van der Waals surface area contributed by atoms with Crippen LogP contribution in [0.25, 0.3) is 0 Å². The lowest BCUT2D eigenvalue weighted by atomic mass is 10.1. The first-order valence-electron chi connectivity index (χ1n) is 10.7. The molecule has 0 radical (unpaired) electrons. The molecule has 0 spiro atoms. The van der Waals surface area contributed by atoms with Gasteiger partial charge in [-0.2, -0.15) is 0 Å². The van der Waals surface area contributed by atoms with Crippen LogP contribution in [0.2, 0.25) is 5.02 Å². The summed E-state index contributed by atoms with van der Waals surface area (Å²) in [5.41, 5.74) is 3.58. The summed E-state index contributed by atoms with van der Waals surface area (Å²) in [7, 11) is 1.62. The van der Waals surface area contributed by atoms with Crippen LogP contribution in [0.5, 0.6) is 11.5 Å². The smallest absolute Gasteiger partial charge is 0.224 e.